The highest BCUT2D eigenvalue weighted by molar-refractivity contribution is 6.09. The predicted molar refractivity (Wildman–Crippen MR) is 224 cm³/mol. The van der Waals surface area contributed by atoms with Gasteiger partial charge in [0.1, 0.15) is 45.4 Å². The van der Waals surface area contributed by atoms with Crippen molar-refractivity contribution in [2.24, 2.45) is 0 Å². The number of Topliss-reactive ketones (excluding diaryl/α,β-unsaturated/α-hetero) is 1. The Kier molecular flexibility index (Phi) is 10.0. The molecule has 330 valence electrons. The molecule has 9 amide bonds. The second-order valence-corrected chi connectivity index (χ2v) is 15.5. The Hall–Kier alpha value is -8.62. The van der Waals surface area contributed by atoms with Crippen LogP contribution in [0.3, 0.4) is 0 Å². The summed E-state index contributed by atoms with van der Waals surface area (Å²) in [6.07, 6.45) is 0. The summed E-state index contributed by atoms with van der Waals surface area (Å²) in [6, 6.07) is 18.1. The Morgan fingerprint density at radius 2 is 1.11 bits per heavy atom. The number of carbonyl (C=O) groups is 8. The number of urea groups is 2. The number of fused-ring (bicyclic) bond motifs is 4. The molecule has 4 aromatic heterocycles. The molecular weight excluding hydrogens is 847 g/mol. The largest absolute Gasteiger partial charge is 0.497 e. The number of nitrogens with one attached hydrogen (secondary N) is 5. The lowest BCUT2D eigenvalue weighted by atomic mass is 9.95. The highest BCUT2D eigenvalue weighted by Crippen LogP contribution is 2.37. The van der Waals surface area contributed by atoms with Gasteiger partial charge in [-0.05, 0) is 59.7 Å². The van der Waals surface area contributed by atoms with Crippen LogP contribution >= 0.6 is 0 Å². The number of aromatic nitrogens is 2. The van der Waals surface area contributed by atoms with Gasteiger partial charge < -0.3 is 44.1 Å². The predicted octanol–water partition coefficient (Wildman–Crippen LogP) is 2.62. The SMILES string of the molecule is CNC(=O)c1ccc2oc([C@]3(CN4Cc5ccc(OC)cc5C4=O)NC(=O)NC3=O)cc2n1.COc1ccc2c(c1)C(=O)N(C[C@@]1(c3cc4nc(C(C)=O)ccc4o3)NC(=O)NC1=O)C2. The molecule has 10 rings (SSSR count). The molecule has 65 heavy (non-hydrogen) atoms. The van der Waals surface area contributed by atoms with E-state index in [4.69, 9.17) is 18.3 Å². The molecule has 2 fully saturated rings. The lowest BCUT2D eigenvalue weighted by Gasteiger charge is -2.28. The molecule has 0 bridgehead atoms. The van der Waals surface area contributed by atoms with E-state index in [1.165, 1.54) is 62.3 Å². The number of rotatable bonds is 10. The first-order valence-electron chi connectivity index (χ1n) is 19.9. The monoisotopic (exact) mass is 883 g/mol. The van der Waals surface area contributed by atoms with Gasteiger partial charge in [0.05, 0.1) is 27.3 Å². The minimum atomic E-state index is -1.66. The minimum absolute atomic E-state index is 0.101. The fourth-order valence-electron chi connectivity index (χ4n) is 8.19. The maximum Gasteiger partial charge on any atom is 0.322 e. The molecule has 6 aromatic rings. The van der Waals surface area contributed by atoms with E-state index < -0.39 is 35.0 Å². The summed E-state index contributed by atoms with van der Waals surface area (Å²) >= 11 is 0. The van der Waals surface area contributed by atoms with Crippen molar-refractivity contribution in [2.75, 3.05) is 34.4 Å². The van der Waals surface area contributed by atoms with Gasteiger partial charge in [-0.25, -0.2) is 19.6 Å². The quantitative estimate of drug-likeness (QED) is 0.0978. The molecule has 0 radical (unpaired) electrons. The highest BCUT2D eigenvalue weighted by atomic mass is 16.5. The summed E-state index contributed by atoms with van der Waals surface area (Å²) < 4.78 is 22.1. The van der Waals surface area contributed by atoms with Crippen LogP contribution in [0.15, 0.2) is 81.6 Å². The molecule has 0 unspecified atom stereocenters. The molecule has 8 heterocycles. The second kappa shape index (κ2) is 15.6. The number of carbonyl (C=O) groups excluding carboxylic acids is 8. The number of benzene rings is 2. The van der Waals surface area contributed by atoms with Crippen molar-refractivity contribution in [1.29, 1.82) is 0 Å². The number of imide groups is 2. The van der Waals surface area contributed by atoms with E-state index in [0.717, 1.165) is 11.1 Å². The normalized spacial score (nSPS) is 19.6. The molecule has 0 aliphatic carbocycles. The van der Waals surface area contributed by atoms with Crippen LogP contribution in [0.5, 0.6) is 11.5 Å². The molecule has 2 aromatic carbocycles. The fourth-order valence-corrected chi connectivity index (χ4v) is 8.19. The zero-order valence-corrected chi connectivity index (χ0v) is 34.9. The number of hydrogen-bond donors (Lipinski definition) is 5. The molecule has 2 atom stereocenters. The van der Waals surface area contributed by atoms with Crippen LogP contribution in [0, 0.1) is 0 Å². The summed E-state index contributed by atoms with van der Waals surface area (Å²) in [6.45, 7) is 1.59. The van der Waals surface area contributed by atoms with E-state index in [-0.39, 0.29) is 72.6 Å². The fraction of sp³-hybridized carbons (Fsp3) is 0.227. The van der Waals surface area contributed by atoms with Gasteiger partial charge in [-0.1, -0.05) is 12.1 Å². The van der Waals surface area contributed by atoms with Gasteiger partial charge >= 0.3 is 12.1 Å². The first-order chi connectivity index (χ1) is 31.1. The zero-order valence-electron chi connectivity index (χ0n) is 34.9. The Labute approximate surface area is 366 Å². The van der Waals surface area contributed by atoms with Crippen molar-refractivity contribution in [3.8, 4) is 11.5 Å². The number of nitrogens with zero attached hydrogens (tertiary/aromatic N) is 4. The maximum absolute atomic E-state index is 13.1. The van der Waals surface area contributed by atoms with E-state index in [9.17, 15) is 38.4 Å². The van der Waals surface area contributed by atoms with E-state index in [2.05, 4.69) is 36.6 Å². The van der Waals surface area contributed by atoms with Gasteiger partial charge in [-0.3, -0.25) is 39.4 Å². The highest BCUT2D eigenvalue weighted by Gasteiger charge is 2.54. The molecule has 2 saturated heterocycles. The van der Waals surface area contributed by atoms with E-state index in [1.807, 2.05) is 0 Å². The third-order valence-electron chi connectivity index (χ3n) is 11.5. The molecule has 21 heteroatoms. The summed E-state index contributed by atoms with van der Waals surface area (Å²) in [7, 11) is 4.51. The van der Waals surface area contributed by atoms with Crippen LogP contribution in [0.25, 0.3) is 22.2 Å². The Morgan fingerprint density at radius 3 is 1.51 bits per heavy atom. The van der Waals surface area contributed by atoms with Gasteiger partial charge in [-0.15, -0.1) is 0 Å². The molecule has 4 aliphatic heterocycles. The smallest absolute Gasteiger partial charge is 0.322 e. The summed E-state index contributed by atoms with van der Waals surface area (Å²) in [5, 5.41) is 12.2. The number of hydrogen-bond acceptors (Lipinski definition) is 14. The average molecular weight is 884 g/mol. The van der Waals surface area contributed by atoms with Crippen LogP contribution in [0.2, 0.25) is 0 Å². The Bertz CT molecular complexity index is 3090. The zero-order chi connectivity index (χ0) is 45.9. The van der Waals surface area contributed by atoms with Crippen LogP contribution in [0.1, 0.15) is 71.3 Å². The topological polar surface area (TPSA) is 274 Å². The standard InChI is InChI=1S/C22H19N5O6.C22H18N4O6/c1-23-18(28)14-5-6-16-15(24-14)8-17(33-16)22(20(30)25-21(31)26-22)10-27-9-11-3-4-12(32-2)7-13(11)19(27)29;1-11(27)15-5-6-17-16(23-15)8-18(32-17)22(20(29)24-21(30)25-22)10-26-9-12-3-4-13(31-2)7-14(12)19(26)28/h3-8H,9-10H2,1-2H3,(H,23,28)(H2,25,26,30,31);3-8H,9-10H2,1-2H3,(H2,24,25,29,30)/t2*22-/m00/s1. The Balaban J connectivity index is 0.000000164. The van der Waals surface area contributed by atoms with Crippen molar-refractivity contribution in [3.05, 3.63) is 118 Å². The van der Waals surface area contributed by atoms with Crippen molar-refractivity contribution >= 4 is 69.6 Å². The van der Waals surface area contributed by atoms with E-state index in [0.29, 0.717) is 44.8 Å². The number of pyridine rings is 2. The number of amides is 9. The lowest BCUT2D eigenvalue weighted by molar-refractivity contribution is -0.126. The summed E-state index contributed by atoms with van der Waals surface area (Å²) in [4.78, 5) is 111. The van der Waals surface area contributed by atoms with Gasteiger partial charge in [0.2, 0.25) is 0 Å². The van der Waals surface area contributed by atoms with Crippen LogP contribution < -0.4 is 36.1 Å². The first kappa shape index (κ1) is 41.7. The molecule has 0 saturated carbocycles. The lowest BCUT2D eigenvalue weighted by Crippen LogP contribution is -2.52. The van der Waals surface area contributed by atoms with E-state index >= 15 is 0 Å². The third-order valence-corrected chi connectivity index (χ3v) is 11.5. The summed E-state index contributed by atoms with van der Waals surface area (Å²) in [5.74, 6) is -1.17. The molecule has 21 nitrogen and oxygen atoms in total. The molecule has 0 spiro atoms. The Morgan fingerprint density at radius 1 is 0.662 bits per heavy atom. The van der Waals surface area contributed by atoms with Crippen molar-refractivity contribution in [3.63, 3.8) is 0 Å². The van der Waals surface area contributed by atoms with Crippen LogP contribution in [-0.4, -0.2) is 102 Å². The van der Waals surface area contributed by atoms with Gasteiger partial charge in [0.15, 0.2) is 28.0 Å². The van der Waals surface area contributed by atoms with Crippen molar-refractivity contribution in [1.82, 2.24) is 46.4 Å². The molecule has 4 aliphatic rings. The van der Waals surface area contributed by atoms with Crippen molar-refractivity contribution < 1.29 is 56.7 Å². The van der Waals surface area contributed by atoms with Crippen LogP contribution in [-0.2, 0) is 33.8 Å². The number of ketones is 1. The third kappa shape index (κ3) is 7.07. The molecule has 5 N–H and O–H groups in total. The average Bonchev–Trinajstić information content (AvgIpc) is 4.15. The van der Waals surface area contributed by atoms with Gasteiger partial charge in [0.25, 0.3) is 29.5 Å². The molecular formula is C44H37N9O12. The van der Waals surface area contributed by atoms with Gasteiger partial charge in [0, 0.05) is 50.3 Å². The number of ether oxygens (including phenoxy) is 2. The van der Waals surface area contributed by atoms with Crippen LogP contribution in [0.4, 0.5) is 9.59 Å². The van der Waals surface area contributed by atoms with Crippen molar-refractivity contribution in [2.45, 2.75) is 31.1 Å². The first-order valence-corrected chi connectivity index (χ1v) is 19.9. The minimum Gasteiger partial charge on any atom is -0.497 e. The number of methoxy groups -OCH3 is 2. The summed E-state index contributed by atoms with van der Waals surface area (Å²) in [5.41, 5.74) is 0.992. The van der Waals surface area contributed by atoms with Gasteiger partial charge in [-0.2, -0.15) is 0 Å². The second-order valence-electron chi connectivity index (χ2n) is 15.5. The maximum atomic E-state index is 13.1. The number of furan rings is 2. The van der Waals surface area contributed by atoms with E-state index in [1.54, 1.807) is 48.5 Å².